The number of carbonyl (C=O) groups excluding carboxylic acids is 2. The number of thioether (sulfide) groups is 1. The first-order valence-electron chi connectivity index (χ1n) is 14.0. The van der Waals surface area contributed by atoms with E-state index in [1.165, 1.54) is 34.9 Å². The van der Waals surface area contributed by atoms with Crippen LogP contribution in [0.1, 0.15) is 67.6 Å². The van der Waals surface area contributed by atoms with E-state index in [0.29, 0.717) is 42.1 Å². The van der Waals surface area contributed by atoms with Gasteiger partial charge in [-0.3, -0.25) is 9.69 Å². The molecule has 1 aliphatic heterocycles. The first kappa shape index (κ1) is 35.4. The van der Waals surface area contributed by atoms with E-state index in [0.717, 1.165) is 18.2 Å². The van der Waals surface area contributed by atoms with Crippen molar-refractivity contribution in [3.05, 3.63) is 58.7 Å². The summed E-state index contributed by atoms with van der Waals surface area (Å²) < 4.78 is 90.0. The van der Waals surface area contributed by atoms with Crippen molar-refractivity contribution in [3.8, 4) is 5.75 Å². The Hall–Kier alpha value is -3.13. The number of amides is 2. The molecule has 1 aliphatic rings. The van der Waals surface area contributed by atoms with Crippen molar-refractivity contribution in [2.75, 3.05) is 25.9 Å². The Balaban J connectivity index is 1.75. The Kier molecular flexibility index (Phi) is 11.5. The lowest BCUT2D eigenvalue weighted by Gasteiger charge is -2.38. The monoisotopic (exact) mass is 649 g/mol. The Bertz CT molecular complexity index is 1310. The lowest BCUT2D eigenvalue weighted by molar-refractivity contribution is -0.274. The molecule has 3 rings (SSSR count). The molecule has 0 radical (unpaired) electrons. The summed E-state index contributed by atoms with van der Waals surface area (Å²) in [5.74, 6) is -0.678. The molecule has 14 heteroatoms. The molecular formula is C30H37F6N3O4S. The molecule has 0 bridgehead atoms. The van der Waals surface area contributed by atoms with Gasteiger partial charge in [-0.15, -0.1) is 24.9 Å². The third-order valence-corrected chi connectivity index (χ3v) is 7.78. The van der Waals surface area contributed by atoms with Crippen LogP contribution in [-0.2, 0) is 24.0 Å². The number of alkyl halides is 6. The highest BCUT2D eigenvalue weighted by Crippen LogP contribution is 2.34. The van der Waals surface area contributed by atoms with E-state index < -0.39 is 41.5 Å². The molecular weight excluding hydrogens is 612 g/mol. The van der Waals surface area contributed by atoms with Crippen molar-refractivity contribution in [1.82, 2.24) is 15.1 Å². The van der Waals surface area contributed by atoms with E-state index >= 15 is 0 Å². The summed E-state index contributed by atoms with van der Waals surface area (Å²) >= 11 is 1.34. The summed E-state index contributed by atoms with van der Waals surface area (Å²) in [6.45, 7) is 7.72. The van der Waals surface area contributed by atoms with Gasteiger partial charge in [0.2, 0.25) is 0 Å². The summed E-state index contributed by atoms with van der Waals surface area (Å²) in [5.41, 5.74) is -1.58. The zero-order valence-electron chi connectivity index (χ0n) is 25.2. The molecule has 2 aromatic carbocycles. The quantitative estimate of drug-likeness (QED) is 0.225. The fourth-order valence-electron chi connectivity index (χ4n) is 4.80. The van der Waals surface area contributed by atoms with Crippen LogP contribution in [0, 0.1) is 0 Å². The topological polar surface area (TPSA) is 71.1 Å². The third-order valence-electron chi connectivity index (χ3n) is 6.79. The SMILES string of the molecule is CCSc1ccc(OC(F)(F)F)cc1CNC(=O)c1ccc(CN2CCC[C@H](N(C)C(=O)OC(C)(C)C)C2)c(C(F)(F)F)c1. The number of carbonyl (C=O) groups is 2. The Morgan fingerprint density at radius 1 is 1.05 bits per heavy atom. The van der Waals surface area contributed by atoms with Gasteiger partial charge in [0.05, 0.1) is 5.56 Å². The van der Waals surface area contributed by atoms with Crippen molar-refractivity contribution in [2.24, 2.45) is 0 Å². The van der Waals surface area contributed by atoms with E-state index in [1.807, 2.05) is 11.8 Å². The number of halogens is 6. The van der Waals surface area contributed by atoms with Crippen LogP contribution in [0.25, 0.3) is 0 Å². The minimum atomic E-state index is -4.90. The maximum atomic E-state index is 14.2. The lowest BCUT2D eigenvalue weighted by atomic mass is 9.99. The van der Waals surface area contributed by atoms with Crippen molar-refractivity contribution in [3.63, 3.8) is 0 Å². The number of nitrogens with one attached hydrogen (secondary N) is 1. The average Bonchev–Trinajstić information content (AvgIpc) is 2.90. The number of likely N-dealkylation sites (N-methyl/N-ethyl adjacent to an activating group) is 1. The molecule has 244 valence electrons. The van der Waals surface area contributed by atoms with Crippen LogP contribution < -0.4 is 10.1 Å². The average molecular weight is 650 g/mol. The van der Waals surface area contributed by atoms with Gasteiger partial charge in [-0.1, -0.05) is 13.0 Å². The molecule has 1 atom stereocenters. The largest absolute Gasteiger partial charge is 0.573 e. The molecule has 1 saturated heterocycles. The summed E-state index contributed by atoms with van der Waals surface area (Å²) in [7, 11) is 1.61. The van der Waals surface area contributed by atoms with Gasteiger partial charge in [-0.2, -0.15) is 13.2 Å². The smallest absolute Gasteiger partial charge is 0.444 e. The fourth-order valence-corrected chi connectivity index (χ4v) is 5.59. The molecule has 44 heavy (non-hydrogen) atoms. The number of hydrogen-bond donors (Lipinski definition) is 1. The summed E-state index contributed by atoms with van der Waals surface area (Å²) in [5, 5.41) is 2.51. The number of hydrogen-bond acceptors (Lipinski definition) is 6. The first-order valence-corrected chi connectivity index (χ1v) is 15.0. The second-order valence-electron chi connectivity index (χ2n) is 11.4. The van der Waals surface area contributed by atoms with Crippen LogP contribution in [0.15, 0.2) is 41.3 Å². The predicted molar refractivity (Wildman–Crippen MR) is 154 cm³/mol. The molecule has 1 heterocycles. The Morgan fingerprint density at radius 2 is 1.75 bits per heavy atom. The molecule has 0 saturated carbocycles. The maximum Gasteiger partial charge on any atom is 0.573 e. The number of likely N-dealkylation sites (tertiary alicyclic amines) is 1. The molecule has 0 aromatic heterocycles. The van der Waals surface area contributed by atoms with Gasteiger partial charge in [0, 0.05) is 43.2 Å². The van der Waals surface area contributed by atoms with Crippen LogP contribution >= 0.6 is 11.8 Å². The Morgan fingerprint density at radius 3 is 2.36 bits per heavy atom. The Labute approximate surface area is 257 Å². The normalized spacial score (nSPS) is 16.4. The molecule has 2 aromatic rings. The van der Waals surface area contributed by atoms with Crippen LogP contribution in [-0.4, -0.2) is 65.7 Å². The minimum absolute atomic E-state index is 0.0201. The highest BCUT2D eigenvalue weighted by atomic mass is 32.2. The molecule has 1 fully saturated rings. The second-order valence-corrected chi connectivity index (χ2v) is 12.7. The highest BCUT2D eigenvalue weighted by molar-refractivity contribution is 7.99. The van der Waals surface area contributed by atoms with Crippen molar-refractivity contribution in [2.45, 2.75) is 82.7 Å². The van der Waals surface area contributed by atoms with Gasteiger partial charge in [0.15, 0.2) is 0 Å². The van der Waals surface area contributed by atoms with Crippen LogP contribution in [0.4, 0.5) is 31.1 Å². The van der Waals surface area contributed by atoms with Gasteiger partial charge >= 0.3 is 18.6 Å². The summed E-state index contributed by atoms with van der Waals surface area (Å²) in [6.07, 6.45) is -8.80. The molecule has 0 aliphatic carbocycles. The van der Waals surface area contributed by atoms with Gasteiger partial charge in [-0.25, -0.2) is 4.79 Å². The lowest BCUT2D eigenvalue weighted by Crippen LogP contribution is -2.49. The first-order chi connectivity index (χ1) is 20.4. The van der Waals surface area contributed by atoms with Gasteiger partial charge < -0.3 is 19.7 Å². The zero-order valence-corrected chi connectivity index (χ0v) is 26.0. The summed E-state index contributed by atoms with van der Waals surface area (Å²) in [4.78, 5) is 29.3. The fraction of sp³-hybridized carbons (Fsp3) is 0.533. The number of benzene rings is 2. The molecule has 0 spiro atoms. The van der Waals surface area contributed by atoms with Crippen LogP contribution in [0.3, 0.4) is 0 Å². The van der Waals surface area contributed by atoms with E-state index in [4.69, 9.17) is 4.74 Å². The van der Waals surface area contributed by atoms with Crippen LogP contribution in [0.2, 0.25) is 0 Å². The zero-order chi connectivity index (χ0) is 32.9. The number of rotatable bonds is 9. The van der Waals surface area contributed by atoms with E-state index in [-0.39, 0.29) is 30.3 Å². The van der Waals surface area contributed by atoms with E-state index in [9.17, 15) is 35.9 Å². The van der Waals surface area contributed by atoms with Crippen molar-refractivity contribution >= 4 is 23.8 Å². The van der Waals surface area contributed by atoms with Crippen molar-refractivity contribution < 1.29 is 45.4 Å². The van der Waals surface area contributed by atoms with Gasteiger partial charge in [0.1, 0.15) is 11.4 Å². The number of nitrogens with zero attached hydrogens (tertiary/aromatic N) is 2. The van der Waals surface area contributed by atoms with E-state index in [1.54, 1.807) is 27.8 Å². The van der Waals surface area contributed by atoms with Gasteiger partial charge in [-0.05, 0) is 87.4 Å². The third kappa shape index (κ3) is 10.5. The van der Waals surface area contributed by atoms with Crippen LogP contribution in [0.5, 0.6) is 5.75 Å². The molecule has 7 nitrogen and oxygen atoms in total. The molecule has 1 N–H and O–H groups in total. The standard InChI is InChI=1S/C30H37F6N3O4S/c1-6-44-25-12-11-23(42-30(34,35)36)14-21(25)16-37-26(40)19-9-10-20(24(15-19)29(31,32)33)17-39-13-7-8-22(18-39)38(5)27(41)43-28(2,3)4/h9-12,14-15,22H,6-8,13,16-18H2,1-5H3,(H,37,40)/t22-/m0/s1. The minimum Gasteiger partial charge on any atom is -0.444 e. The van der Waals surface area contributed by atoms with Crippen molar-refractivity contribution in [1.29, 1.82) is 0 Å². The maximum absolute atomic E-state index is 14.2. The number of ether oxygens (including phenoxy) is 2. The highest BCUT2D eigenvalue weighted by Gasteiger charge is 2.36. The summed E-state index contributed by atoms with van der Waals surface area (Å²) in [6, 6.07) is 6.82. The molecule has 0 unspecified atom stereocenters. The van der Waals surface area contributed by atoms with Gasteiger partial charge in [0.25, 0.3) is 5.91 Å². The van der Waals surface area contributed by atoms with E-state index in [2.05, 4.69) is 10.1 Å². The molecule has 2 amide bonds. The number of piperidine rings is 1. The predicted octanol–water partition coefficient (Wildman–Crippen LogP) is 7.48. The second kappa shape index (κ2) is 14.3.